The zero-order chi connectivity index (χ0) is 14.0. The molecule has 19 heavy (non-hydrogen) atoms. The molecule has 0 saturated carbocycles. The van der Waals surface area contributed by atoms with Crippen LogP contribution in [0.15, 0.2) is 18.2 Å². The number of hydrogen-bond acceptors (Lipinski definition) is 3. The summed E-state index contributed by atoms with van der Waals surface area (Å²) in [4.78, 5) is 33.7. The lowest BCUT2D eigenvalue weighted by molar-refractivity contribution is -0.122. The van der Waals surface area contributed by atoms with Crippen LogP contribution < -0.4 is 10.6 Å². The molecule has 6 nitrogen and oxygen atoms in total. The predicted molar refractivity (Wildman–Crippen MR) is 63.2 cm³/mol. The number of anilines is 1. The first-order valence-corrected chi connectivity index (χ1v) is 5.60. The van der Waals surface area contributed by atoms with Gasteiger partial charge in [0, 0.05) is 6.42 Å². The minimum Gasteiger partial charge on any atom is -0.478 e. The lowest BCUT2D eigenvalue weighted by atomic mass is 10.1. The van der Waals surface area contributed by atoms with Gasteiger partial charge >= 0.3 is 5.97 Å². The standard InChI is InChI=1S/C12H11FN2O4/c13-6-1-2-8(7(5-6)12(18)19)15-11(17)9-3-4-10(16)14-9/h1-2,5,9H,3-4H2,(H,14,16)(H,15,17)(H,18,19). The highest BCUT2D eigenvalue weighted by Gasteiger charge is 2.28. The van der Waals surface area contributed by atoms with Crippen LogP contribution in [0, 0.1) is 5.82 Å². The van der Waals surface area contributed by atoms with Crippen LogP contribution in [-0.2, 0) is 9.59 Å². The summed E-state index contributed by atoms with van der Waals surface area (Å²) in [6.07, 6.45) is 0.613. The molecule has 1 unspecified atom stereocenters. The number of carbonyl (C=O) groups excluding carboxylic acids is 2. The van der Waals surface area contributed by atoms with E-state index in [0.29, 0.717) is 6.42 Å². The number of benzene rings is 1. The summed E-state index contributed by atoms with van der Waals surface area (Å²) in [6, 6.07) is 2.37. The van der Waals surface area contributed by atoms with Crippen molar-refractivity contribution in [2.75, 3.05) is 5.32 Å². The number of hydrogen-bond donors (Lipinski definition) is 3. The molecule has 1 aliphatic rings. The predicted octanol–water partition coefficient (Wildman–Crippen LogP) is 0.741. The monoisotopic (exact) mass is 266 g/mol. The van der Waals surface area contributed by atoms with Crippen molar-refractivity contribution in [3.8, 4) is 0 Å². The number of nitrogens with one attached hydrogen (secondary N) is 2. The Morgan fingerprint density at radius 1 is 1.42 bits per heavy atom. The zero-order valence-corrected chi connectivity index (χ0v) is 9.77. The van der Waals surface area contributed by atoms with E-state index in [1.165, 1.54) is 6.07 Å². The molecule has 1 saturated heterocycles. The van der Waals surface area contributed by atoms with Gasteiger partial charge in [0.25, 0.3) is 0 Å². The largest absolute Gasteiger partial charge is 0.478 e. The summed E-state index contributed by atoms with van der Waals surface area (Å²) in [7, 11) is 0. The van der Waals surface area contributed by atoms with E-state index in [9.17, 15) is 18.8 Å². The normalized spacial score (nSPS) is 17.9. The quantitative estimate of drug-likeness (QED) is 0.752. The average molecular weight is 266 g/mol. The van der Waals surface area contributed by atoms with E-state index in [2.05, 4.69) is 10.6 Å². The number of rotatable bonds is 3. The maximum Gasteiger partial charge on any atom is 0.337 e. The maximum absolute atomic E-state index is 13.0. The highest BCUT2D eigenvalue weighted by atomic mass is 19.1. The summed E-state index contributed by atoms with van der Waals surface area (Å²) in [5.41, 5.74) is -0.335. The van der Waals surface area contributed by atoms with Crippen molar-refractivity contribution < 1.29 is 23.9 Å². The number of carbonyl (C=O) groups is 3. The lowest BCUT2D eigenvalue weighted by Crippen LogP contribution is -2.37. The Bertz CT molecular complexity index is 559. The molecule has 1 aromatic carbocycles. The lowest BCUT2D eigenvalue weighted by Gasteiger charge is -2.12. The molecule has 1 fully saturated rings. The van der Waals surface area contributed by atoms with Crippen molar-refractivity contribution in [1.29, 1.82) is 0 Å². The Labute approximate surface area is 107 Å². The molecule has 0 aromatic heterocycles. The van der Waals surface area contributed by atoms with Crippen LogP contribution in [0.4, 0.5) is 10.1 Å². The number of carboxylic acids is 1. The van der Waals surface area contributed by atoms with Crippen LogP contribution in [0.5, 0.6) is 0 Å². The van der Waals surface area contributed by atoms with Gasteiger partial charge in [-0.2, -0.15) is 0 Å². The van der Waals surface area contributed by atoms with Gasteiger partial charge < -0.3 is 15.7 Å². The minimum atomic E-state index is -1.34. The van der Waals surface area contributed by atoms with E-state index < -0.39 is 23.7 Å². The summed E-state index contributed by atoms with van der Waals surface area (Å²) >= 11 is 0. The van der Waals surface area contributed by atoms with Gasteiger partial charge in [-0.15, -0.1) is 0 Å². The molecule has 3 N–H and O–H groups in total. The fourth-order valence-corrected chi connectivity index (χ4v) is 1.83. The van der Waals surface area contributed by atoms with Gasteiger partial charge in [-0.25, -0.2) is 9.18 Å². The fourth-order valence-electron chi connectivity index (χ4n) is 1.83. The molecular weight excluding hydrogens is 255 g/mol. The van der Waals surface area contributed by atoms with Crippen LogP contribution >= 0.6 is 0 Å². The number of halogens is 1. The fraction of sp³-hybridized carbons (Fsp3) is 0.250. The highest BCUT2D eigenvalue weighted by Crippen LogP contribution is 2.18. The Hall–Kier alpha value is -2.44. The van der Waals surface area contributed by atoms with Crippen molar-refractivity contribution in [3.05, 3.63) is 29.6 Å². The van der Waals surface area contributed by atoms with Crippen molar-refractivity contribution in [1.82, 2.24) is 5.32 Å². The van der Waals surface area contributed by atoms with Crippen LogP contribution in [-0.4, -0.2) is 28.9 Å². The van der Waals surface area contributed by atoms with E-state index in [4.69, 9.17) is 5.11 Å². The molecule has 0 aliphatic carbocycles. The maximum atomic E-state index is 13.0. The zero-order valence-electron chi connectivity index (χ0n) is 9.77. The molecule has 0 spiro atoms. The number of carboxylic acid groups (broad SMARTS) is 1. The number of aromatic carboxylic acids is 1. The van der Waals surface area contributed by atoms with Gasteiger partial charge in [-0.3, -0.25) is 9.59 Å². The van der Waals surface area contributed by atoms with Crippen molar-refractivity contribution in [2.45, 2.75) is 18.9 Å². The van der Waals surface area contributed by atoms with Gasteiger partial charge in [0.2, 0.25) is 11.8 Å². The third-order valence-electron chi connectivity index (χ3n) is 2.78. The molecule has 2 rings (SSSR count). The first-order valence-electron chi connectivity index (χ1n) is 5.60. The molecular formula is C12H11FN2O4. The number of amides is 2. The molecule has 2 amide bonds. The van der Waals surface area contributed by atoms with Crippen LogP contribution in [0.25, 0.3) is 0 Å². The SMILES string of the molecule is O=C1CCC(C(=O)Nc2ccc(F)cc2C(=O)O)N1. The van der Waals surface area contributed by atoms with Crippen molar-refractivity contribution in [2.24, 2.45) is 0 Å². The van der Waals surface area contributed by atoms with E-state index >= 15 is 0 Å². The van der Waals surface area contributed by atoms with Gasteiger partial charge in [-0.05, 0) is 24.6 Å². The van der Waals surface area contributed by atoms with Gasteiger partial charge in [-0.1, -0.05) is 0 Å². The van der Waals surface area contributed by atoms with Crippen molar-refractivity contribution in [3.63, 3.8) is 0 Å². The summed E-state index contributed by atoms with van der Waals surface area (Å²) < 4.78 is 13.0. The van der Waals surface area contributed by atoms with Gasteiger partial charge in [0.15, 0.2) is 0 Å². The van der Waals surface area contributed by atoms with E-state index in [1.54, 1.807) is 0 Å². The Morgan fingerprint density at radius 3 is 2.74 bits per heavy atom. The molecule has 0 radical (unpaired) electrons. The second kappa shape index (κ2) is 5.05. The molecule has 1 aromatic rings. The minimum absolute atomic E-state index is 0.0000454. The second-order valence-electron chi connectivity index (χ2n) is 4.14. The molecule has 1 heterocycles. The third kappa shape index (κ3) is 2.87. The first kappa shape index (κ1) is 13.0. The molecule has 100 valence electrons. The van der Waals surface area contributed by atoms with E-state index in [1.807, 2.05) is 0 Å². The first-order chi connectivity index (χ1) is 8.97. The molecule has 0 bridgehead atoms. The summed E-state index contributed by atoms with van der Waals surface area (Å²) in [5, 5.41) is 13.8. The third-order valence-corrected chi connectivity index (χ3v) is 2.78. The molecule has 1 aliphatic heterocycles. The van der Waals surface area contributed by atoms with Gasteiger partial charge in [0.05, 0.1) is 11.3 Å². The Kier molecular flexibility index (Phi) is 3.46. The van der Waals surface area contributed by atoms with Crippen LogP contribution in [0.3, 0.4) is 0 Å². The van der Waals surface area contributed by atoms with E-state index in [0.717, 1.165) is 12.1 Å². The molecule has 1 atom stereocenters. The Balaban J connectivity index is 2.17. The molecule has 7 heteroatoms. The average Bonchev–Trinajstić information content (AvgIpc) is 2.78. The smallest absolute Gasteiger partial charge is 0.337 e. The van der Waals surface area contributed by atoms with Crippen LogP contribution in [0.2, 0.25) is 0 Å². The topological polar surface area (TPSA) is 95.5 Å². The van der Waals surface area contributed by atoms with E-state index in [-0.39, 0.29) is 23.6 Å². The second-order valence-corrected chi connectivity index (χ2v) is 4.14. The van der Waals surface area contributed by atoms with Crippen molar-refractivity contribution >= 4 is 23.5 Å². The summed E-state index contributed by atoms with van der Waals surface area (Å²) in [5.74, 6) is -2.78. The van der Waals surface area contributed by atoms with Crippen LogP contribution in [0.1, 0.15) is 23.2 Å². The summed E-state index contributed by atoms with van der Waals surface area (Å²) in [6.45, 7) is 0. The highest BCUT2D eigenvalue weighted by molar-refractivity contribution is 6.03. The Morgan fingerprint density at radius 2 is 2.16 bits per heavy atom. The van der Waals surface area contributed by atoms with Gasteiger partial charge in [0.1, 0.15) is 11.9 Å².